The molecule has 0 heterocycles. The summed E-state index contributed by atoms with van der Waals surface area (Å²) in [5, 5.41) is 0. The Balaban J connectivity index is 3.84. The third-order valence-electron chi connectivity index (χ3n) is 1.55. The summed E-state index contributed by atoms with van der Waals surface area (Å²) in [5.74, 6) is 2.15. The Morgan fingerprint density at radius 2 is 2.14 bits per heavy atom. The van der Waals surface area contributed by atoms with Crippen LogP contribution >= 0.6 is 0 Å². The van der Waals surface area contributed by atoms with Crippen LogP contribution in [0.25, 0.3) is 0 Å². The Hall–Kier alpha value is -1.01. The first kappa shape index (κ1) is 13.0. The molecule has 0 bridgehead atoms. The van der Waals surface area contributed by atoms with Crippen LogP contribution in [0.2, 0.25) is 0 Å². The molecule has 0 fully saturated rings. The highest BCUT2D eigenvalue weighted by Crippen LogP contribution is 2.09. The van der Waals surface area contributed by atoms with Crippen molar-refractivity contribution in [2.24, 2.45) is 5.73 Å². The maximum Gasteiger partial charge on any atom is 0.323 e. The zero-order valence-electron chi connectivity index (χ0n) is 9.17. The maximum atomic E-state index is 11.4. The van der Waals surface area contributed by atoms with Crippen molar-refractivity contribution in [1.82, 2.24) is 0 Å². The highest BCUT2D eigenvalue weighted by Gasteiger charge is 2.21. The average Bonchev–Trinajstić information content (AvgIpc) is 2.01. The molecule has 0 radical (unpaired) electrons. The van der Waals surface area contributed by atoms with Gasteiger partial charge in [0.25, 0.3) is 0 Å². The third-order valence-corrected chi connectivity index (χ3v) is 1.55. The molecule has 0 aliphatic heterocycles. The van der Waals surface area contributed by atoms with Crippen molar-refractivity contribution in [3.63, 3.8) is 0 Å². The SMILES string of the molecule is C#CCCC[C@H](N)C(=O)OC(C)(C)C. The molecular weight excluding hydrogens is 178 g/mol. The molecule has 14 heavy (non-hydrogen) atoms. The highest BCUT2D eigenvalue weighted by molar-refractivity contribution is 5.75. The first-order chi connectivity index (χ1) is 6.37. The minimum absolute atomic E-state index is 0.352. The largest absolute Gasteiger partial charge is 0.459 e. The molecule has 0 aromatic heterocycles. The van der Waals surface area contributed by atoms with E-state index in [1.807, 2.05) is 20.8 Å². The Kier molecular flexibility index (Phi) is 5.26. The summed E-state index contributed by atoms with van der Waals surface area (Å²) in [6.07, 6.45) is 7.08. The molecular formula is C11H19NO2. The lowest BCUT2D eigenvalue weighted by Gasteiger charge is -2.21. The van der Waals surface area contributed by atoms with Gasteiger partial charge in [-0.25, -0.2) is 0 Å². The number of hydrogen-bond acceptors (Lipinski definition) is 3. The van der Waals surface area contributed by atoms with Crippen molar-refractivity contribution in [2.45, 2.75) is 51.7 Å². The number of ether oxygens (including phenoxy) is 1. The average molecular weight is 197 g/mol. The Bertz CT molecular complexity index is 222. The molecule has 3 nitrogen and oxygen atoms in total. The smallest absolute Gasteiger partial charge is 0.323 e. The second kappa shape index (κ2) is 5.66. The summed E-state index contributed by atoms with van der Waals surface area (Å²) < 4.78 is 5.11. The molecule has 3 heteroatoms. The molecule has 0 saturated heterocycles. The van der Waals surface area contributed by atoms with E-state index in [9.17, 15) is 4.79 Å². The lowest BCUT2D eigenvalue weighted by Crippen LogP contribution is -2.37. The van der Waals surface area contributed by atoms with E-state index in [1.54, 1.807) is 0 Å². The normalized spacial score (nSPS) is 13.1. The Morgan fingerprint density at radius 1 is 1.57 bits per heavy atom. The van der Waals surface area contributed by atoms with E-state index >= 15 is 0 Å². The van der Waals surface area contributed by atoms with Crippen LogP contribution in [-0.4, -0.2) is 17.6 Å². The number of esters is 1. The van der Waals surface area contributed by atoms with Gasteiger partial charge in [0, 0.05) is 6.42 Å². The molecule has 0 unspecified atom stereocenters. The number of nitrogens with two attached hydrogens (primary N) is 1. The van der Waals surface area contributed by atoms with Gasteiger partial charge in [0.15, 0.2) is 0 Å². The van der Waals surface area contributed by atoms with Gasteiger partial charge in [0.05, 0.1) is 0 Å². The number of hydrogen-bond donors (Lipinski definition) is 1. The molecule has 0 rings (SSSR count). The fourth-order valence-corrected chi connectivity index (χ4v) is 0.919. The van der Waals surface area contributed by atoms with Gasteiger partial charge in [-0.05, 0) is 33.6 Å². The zero-order chi connectivity index (χ0) is 11.2. The first-order valence-corrected chi connectivity index (χ1v) is 4.78. The van der Waals surface area contributed by atoms with Crippen molar-refractivity contribution < 1.29 is 9.53 Å². The monoisotopic (exact) mass is 197 g/mol. The van der Waals surface area contributed by atoms with Crippen LogP contribution in [-0.2, 0) is 9.53 Å². The standard InChI is InChI=1S/C11H19NO2/c1-5-6-7-8-9(12)10(13)14-11(2,3)4/h1,9H,6-8,12H2,2-4H3/t9-/m0/s1. The molecule has 2 N–H and O–H groups in total. The summed E-state index contributed by atoms with van der Waals surface area (Å²) in [6, 6.07) is -0.553. The summed E-state index contributed by atoms with van der Waals surface area (Å²) in [6.45, 7) is 5.46. The van der Waals surface area contributed by atoms with Crippen molar-refractivity contribution in [3.8, 4) is 12.3 Å². The van der Waals surface area contributed by atoms with Crippen LogP contribution in [0.3, 0.4) is 0 Å². The van der Waals surface area contributed by atoms with E-state index < -0.39 is 11.6 Å². The van der Waals surface area contributed by atoms with E-state index in [4.69, 9.17) is 16.9 Å². The Labute approximate surface area is 86.0 Å². The van der Waals surface area contributed by atoms with Gasteiger partial charge in [0.1, 0.15) is 11.6 Å². The van der Waals surface area contributed by atoms with E-state index in [1.165, 1.54) is 0 Å². The van der Waals surface area contributed by atoms with Crippen LogP contribution in [0.4, 0.5) is 0 Å². The van der Waals surface area contributed by atoms with Crippen molar-refractivity contribution in [2.75, 3.05) is 0 Å². The lowest BCUT2D eigenvalue weighted by molar-refractivity contribution is -0.156. The molecule has 0 aliphatic rings. The van der Waals surface area contributed by atoms with Gasteiger partial charge >= 0.3 is 5.97 Å². The summed E-state index contributed by atoms with van der Waals surface area (Å²) in [7, 11) is 0. The van der Waals surface area contributed by atoms with E-state index in [-0.39, 0.29) is 5.97 Å². The second-order valence-electron chi connectivity index (χ2n) is 4.24. The molecule has 1 atom stereocenters. The maximum absolute atomic E-state index is 11.4. The molecule has 0 saturated carbocycles. The van der Waals surface area contributed by atoms with Crippen LogP contribution < -0.4 is 5.73 Å². The Morgan fingerprint density at radius 3 is 2.57 bits per heavy atom. The van der Waals surface area contributed by atoms with Gasteiger partial charge in [-0.15, -0.1) is 12.3 Å². The number of terminal acetylenes is 1. The minimum Gasteiger partial charge on any atom is -0.459 e. The number of carbonyl (C=O) groups is 1. The first-order valence-electron chi connectivity index (χ1n) is 4.78. The summed E-state index contributed by atoms with van der Waals surface area (Å²) in [5.41, 5.74) is 5.15. The zero-order valence-corrected chi connectivity index (χ0v) is 9.17. The van der Waals surface area contributed by atoms with Gasteiger partial charge in [-0.1, -0.05) is 0 Å². The van der Waals surface area contributed by atoms with Gasteiger partial charge in [0.2, 0.25) is 0 Å². The minimum atomic E-state index is -0.553. The van der Waals surface area contributed by atoms with E-state index in [0.717, 1.165) is 6.42 Å². The summed E-state index contributed by atoms with van der Waals surface area (Å²) >= 11 is 0. The number of unbranched alkanes of at least 4 members (excludes halogenated alkanes) is 1. The van der Waals surface area contributed by atoms with Crippen LogP contribution in [0.15, 0.2) is 0 Å². The van der Waals surface area contributed by atoms with Crippen molar-refractivity contribution in [3.05, 3.63) is 0 Å². The van der Waals surface area contributed by atoms with Crippen LogP contribution in [0.5, 0.6) is 0 Å². The van der Waals surface area contributed by atoms with Gasteiger partial charge in [-0.2, -0.15) is 0 Å². The molecule has 0 aromatic carbocycles. The van der Waals surface area contributed by atoms with Gasteiger partial charge in [-0.3, -0.25) is 4.79 Å². The van der Waals surface area contributed by atoms with E-state index in [2.05, 4.69) is 5.92 Å². The van der Waals surface area contributed by atoms with E-state index in [0.29, 0.717) is 12.8 Å². The fraction of sp³-hybridized carbons (Fsp3) is 0.727. The molecule has 0 spiro atoms. The number of rotatable bonds is 4. The van der Waals surface area contributed by atoms with Crippen molar-refractivity contribution in [1.29, 1.82) is 0 Å². The predicted molar refractivity (Wildman–Crippen MR) is 56.5 cm³/mol. The fourth-order valence-electron chi connectivity index (χ4n) is 0.919. The molecule has 80 valence electrons. The third kappa shape index (κ3) is 6.50. The lowest BCUT2D eigenvalue weighted by atomic mass is 10.1. The molecule has 0 aliphatic carbocycles. The topological polar surface area (TPSA) is 52.3 Å². The quantitative estimate of drug-likeness (QED) is 0.421. The van der Waals surface area contributed by atoms with Gasteiger partial charge < -0.3 is 10.5 Å². The highest BCUT2D eigenvalue weighted by atomic mass is 16.6. The summed E-state index contributed by atoms with van der Waals surface area (Å²) in [4.78, 5) is 11.4. The number of carbonyl (C=O) groups excluding carboxylic acids is 1. The van der Waals surface area contributed by atoms with Crippen LogP contribution in [0, 0.1) is 12.3 Å². The second-order valence-corrected chi connectivity index (χ2v) is 4.24. The molecule has 0 aromatic rings. The predicted octanol–water partition coefficient (Wildman–Crippen LogP) is 1.46. The van der Waals surface area contributed by atoms with Crippen LogP contribution in [0.1, 0.15) is 40.0 Å². The van der Waals surface area contributed by atoms with Crippen molar-refractivity contribution >= 4 is 5.97 Å². The molecule has 0 amide bonds.